The average molecular weight is 196 g/mol. The molecule has 0 aromatic carbocycles. The van der Waals surface area contributed by atoms with Crippen molar-refractivity contribution in [1.29, 1.82) is 0 Å². The smallest absolute Gasteiger partial charge is 0.265 e. The molecule has 0 aromatic rings. The normalized spacial score (nSPS) is 21.6. The van der Waals surface area contributed by atoms with E-state index in [0.717, 1.165) is 25.2 Å². The Kier molecular flexibility index (Phi) is 3.69. The number of amides is 1. The Morgan fingerprint density at radius 2 is 2.00 bits per heavy atom. The number of carbonyl (C=O) groups excluding carboxylic acids is 1. The number of nitrogens with zero attached hydrogens (tertiary/aromatic N) is 2. The highest BCUT2D eigenvalue weighted by molar-refractivity contribution is 5.95. The number of hydrogen-bond donors (Lipinski definition) is 0. The Labute approximate surface area is 86.3 Å². The van der Waals surface area contributed by atoms with E-state index in [1.165, 1.54) is 0 Å². The third-order valence-electron chi connectivity index (χ3n) is 2.40. The molecule has 1 saturated heterocycles. The molecule has 0 saturated carbocycles. The lowest BCUT2D eigenvalue weighted by Gasteiger charge is -2.24. The van der Waals surface area contributed by atoms with E-state index in [9.17, 15) is 4.79 Å². The minimum absolute atomic E-state index is 0.183. The van der Waals surface area contributed by atoms with Crippen molar-refractivity contribution in [2.45, 2.75) is 27.7 Å². The van der Waals surface area contributed by atoms with Gasteiger partial charge in [0.2, 0.25) is 0 Å². The molecule has 0 aromatic heterocycles. The van der Waals surface area contributed by atoms with E-state index in [-0.39, 0.29) is 5.91 Å². The van der Waals surface area contributed by atoms with Crippen LogP contribution in [0.1, 0.15) is 27.7 Å². The van der Waals surface area contributed by atoms with Gasteiger partial charge in [0.15, 0.2) is 0 Å². The van der Waals surface area contributed by atoms with E-state index in [4.69, 9.17) is 0 Å². The highest BCUT2D eigenvalue weighted by Gasteiger charge is 2.30. The number of hydrazine groups is 1. The van der Waals surface area contributed by atoms with Crippen molar-refractivity contribution in [1.82, 2.24) is 10.0 Å². The van der Waals surface area contributed by atoms with Crippen molar-refractivity contribution in [3.8, 4) is 0 Å². The zero-order valence-corrected chi connectivity index (χ0v) is 9.58. The van der Waals surface area contributed by atoms with Crippen LogP contribution >= 0.6 is 0 Å². The van der Waals surface area contributed by atoms with E-state index in [0.29, 0.717) is 5.92 Å². The SMILES string of the molecule is CCN1C/C(=C/C(C)C)C(=O)N1CC. The highest BCUT2D eigenvalue weighted by Crippen LogP contribution is 2.18. The van der Waals surface area contributed by atoms with Gasteiger partial charge in [0.1, 0.15) is 0 Å². The number of hydrogen-bond acceptors (Lipinski definition) is 2. The Bertz CT molecular complexity index is 246. The number of rotatable bonds is 3. The first-order valence-electron chi connectivity index (χ1n) is 5.37. The van der Waals surface area contributed by atoms with E-state index in [2.05, 4.69) is 31.9 Å². The van der Waals surface area contributed by atoms with Gasteiger partial charge >= 0.3 is 0 Å². The monoisotopic (exact) mass is 196 g/mol. The van der Waals surface area contributed by atoms with Gasteiger partial charge in [0, 0.05) is 25.2 Å². The first kappa shape index (κ1) is 11.2. The predicted octanol–water partition coefficient (Wildman–Crippen LogP) is 1.67. The van der Waals surface area contributed by atoms with Gasteiger partial charge in [-0.25, -0.2) is 5.01 Å². The number of likely N-dealkylation sites (N-methyl/N-ethyl adjacent to an activating group) is 2. The summed E-state index contributed by atoms with van der Waals surface area (Å²) in [5, 5.41) is 3.92. The number of carbonyl (C=O) groups is 1. The molecule has 1 fully saturated rings. The Morgan fingerprint density at radius 3 is 2.36 bits per heavy atom. The molecule has 1 rings (SSSR count). The quantitative estimate of drug-likeness (QED) is 0.641. The summed E-state index contributed by atoms with van der Waals surface area (Å²) >= 11 is 0. The molecular weight excluding hydrogens is 176 g/mol. The van der Waals surface area contributed by atoms with Crippen LogP contribution in [0.2, 0.25) is 0 Å². The topological polar surface area (TPSA) is 23.6 Å². The minimum Gasteiger partial charge on any atom is -0.271 e. The maximum absolute atomic E-state index is 11.9. The summed E-state index contributed by atoms with van der Waals surface area (Å²) in [6, 6.07) is 0. The lowest BCUT2D eigenvalue weighted by Crippen LogP contribution is -2.38. The van der Waals surface area contributed by atoms with Gasteiger partial charge in [-0.2, -0.15) is 0 Å². The molecular formula is C11H20N2O. The molecule has 1 aliphatic rings. The van der Waals surface area contributed by atoms with Crippen LogP contribution in [-0.2, 0) is 4.79 Å². The van der Waals surface area contributed by atoms with Crippen LogP contribution < -0.4 is 0 Å². The fourth-order valence-corrected chi connectivity index (χ4v) is 1.80. The van der Waals surface area contributed by atoms with Crippen LogP contribution in [-0.4, -0.2) is 35.6 Å². The fourth-order valence-electron chi connectivity index (χ4n) is 1.80. The first-order chi connectivity index (χ1) is 6.60. The maximum Gasteiger partial charge on any atom is 0.265 e. The fraction of sp³-hybridized carbons (Fsp3) is 0.727. The molecule has 1 aliphatic heterocycles. The summed E-state index contributed by atoms with van der Waals surface area (Å²) in [5.41, 5.74) is 0.948. The molecule has 3 nitrogen and oxygen atoms in total. The van der Waals surface area contributed by atoms with Crippen molar-refractivity contribution < 1.29 is 4.79 Å². The van der Waals surface area contributed by atoms with Crippen LogP contribution in [0.25, 0.3) is 0 Å². The largest absolute Gasteiger partial charge is 0.271 e. The summed E-state index contributed by atoms with van der Waals surface area (Å²) in [4.78, 5) is 11.9. The van der Waals surface area contributed by atoms with Crippen LogP contribution in [0.3, 0.4) is 0 Å². The van der Waals surface area contributed by atoms with Crippen molar-refractivity contribution in [2.24, 2.45) is 5.92 Å². The van der Waals surface area contributed by atoms with Gasteiger partial charge < -0.3 is 0 Å². The molecule has 0 atom stereocenters. The van der Waals surface area contributed by atoms with Crippen molar-refractivity contribution in [3.63, 3.8) is 0 Å². The standard InChI is InChI=1S/C11H20N2O/c1-5-12-8-10(7-9(3)4)11(14)13(12)6-2/h7,9H,5-6,8H2,1-4H3/b10-7-. The van der Waals surface area contributed by atoms with Gasteiger partial charge in [0.05, 0.1) is 0 Å². The molecule has 0 aliphatic carbocycles. The first-order valence-corrected chi connectivity index (χ1v) is 5.37. The van der Waals surface area contributed by atoms with E-state index in [1.54, 1.807) is 0 Å². The van der Waals surface area contributed by atoms with Crippen molar-refractivity contribution in [3.05, 3.63) is 11.6 Å². The van der Waals surface area contributed by atoms with E-state index >= 15 is 0 Å². The molecule has 1 amide bonds. The lowest BCUT2D eigenvalue weighted by molar-refractivity contribution is -0.135. The van der Waals surface area contributed by atoms with E-state index in [1.807, 2.05) is 11.9 Å². The van der Waals surface area contributed by atoms with Crippen molar-refractivity contribution >= 4 is 5.91 Å². The van der Waals surface area contributed by atoms with Crippen molar-refractivity contribution in [2.75, 3.05) is 19.6 Å². The second-order valence-electron chi connectivity index (χ2n) is 3.94. The maximum atomic E-state index is 11.9. The van der Waals surface area contributed by atoms with Crippen LogP contribution in [0, 0.1) is 5.92 Å². The Morgan fingerprint density at radius 1 is 1.36 bits per heavy atom. The average Bonchev–Trinajstić information content (AvgIpc) is 2.42. The minimum atomic E-state index is 0.183. The van der Waals surface area contributed by atoms with Gasteiger partial charge in [-0.1, -0.05) is 26.8 Å². The summed E-state index contributed by atoms with van der Waals surface area (Å²) in [6.45, 7) is 10.7. The molecule has 0 spiro atoms. The predicted molar refractivity (Wildman–Crippen MR) is 57.6 cm³/mol. The summed E-state index contributed by atoms with van der Waals surface area (Å²) in [7, 11) is 0. The summed E-state index contributed by atoms with van der Waals surface area (Å²) in [5.74, 6) is 0.632. The van der Waals surface area contributed by atoms with Gasteiger partial charge in [-0.15, -0.1) is 0 Å². The number of allylic oxidation sites excluding steroid dienone is 1. The molecule has 0 bridgehead atoms. The lowest BCUT2D eigenvalue weighted by atomic mass is 10.1. The van der Waals surface area contributed by atoms with Crippen LogP contribution in [0.5, 0.6) is 0 Å². The Hall–Kier alpha value is -0.830. The summed E-state index contributed by atoms with van der Waals surface area (Å²) < 4.78 is 0. The van der Waals surface area contributed by atoms with Crippen LogP contribution in [0.4, 0.5) is 0 Å². The molecule has 3 heteroatoms. The zero-order valence-electron chi connectivity index (χ0n) is 9.58. The Balaban J connectivity index is 2.81. The third-order valence-corrected chi connectivity index (χ3v) is 2.40. The molecule has 0 N–H and O–H groups in total. The molecule has 80 valence electrons. The second-order valence-corrected chi connectivity index (χ2v) is 3.94. The van der Waals surface area contributed by atoms with Gasteiger partial charge in [-0.3, -0.25) is 9.80 Å². The highest BCUT2D eigenvalue weighted by atomic mass is 16.2. The van der Waals surface area contributed by atoms with E-state index < -0.39 is 0 Å². The molecule has 1 heterocycles. The zero-order chi connectivity index (χ0) is 10.7. The molecule has 0 radical (unpaired) electrons. The van der Waals surface area contributed by atoms with Gasteiger partial charge in [0.25, 0.3) is 5.91 Å². The van der Waals surface area contributed by atoms with Gasteiger partial charge in [-0.05, 0) is 12.8 Å². The van der Waals surface area contributed by atoms with Crippen LogP contribution in [0.15, 0.2) is 11.6 Å². The third kappa shape index (κ3) is 2.15. The second kappa shape index (κ2) is 4.60. The molecule has 14 heavy (non-hydrogen) atoms. The molecule has 0 unspecified atom stereocenters. The summed E-state index contributed by atoms with van der Waals surface area (Å²) in [6.07, 6.45) is 2.07.